The molecule has 0 saturated carbocycles. The molecule has 1 amide bonds. The minimum atomic E-state index is -3.43. The molecule has 1 aromatic carbocycles. The second-order valence-electron chi connectivity index (χ2n) is 5.79. The van der Waals surface area contributed by atoms with Crippen LogP contribution in [0.5, 0.6) is 5.75 Å². The maximum Gasteiger partial charge on any atom is 0.221 e. The predicted molar refractivity (Wildman–Crippen MR) is 98.9 cm³/mol. The van der Waals surface area contributed by atoms with Gasteiger partial charge in [-0.15, -0.1) is 0 Å². The second-order valence-corrected chi connectivity index (χ2v) is 7.77. The molecule has 0 bridgehead atoms. The number of rotatable bonds is 9. The van der Waals surface area contributed by atoms with E-state index in [-0.39, 0.29) is 25.4 Å². The molecular formula is C18H23N3O4S. The molecule has 0 unspecified atom stereocenters. The van der Waals surface area contributed by atoms with E-state index in [1.54, 1.807) is 31.5 Å². The lowest BCUT2D eigenvalue weighted by Gasteiger charge is -2.19. The van der Waals surface area contributed by atoms with Gasteiger partial charge in [-0.25, -0.2) is 8.42 Å². The molecule has 8 heteroatoms. The summed E-state index contributed by atoms with van der Waals surface area (Å²) in [5.41, 5.74) is 1.57. The number of ether oxygens (including phenoxy) is 1. The number of amides is 1. The quantitative estimate of drug-likeness (QED) is 0.716. The number of benzene rings is 1. The SMILES string of the molecule is COc1ccc(CNC(=O)CCN(Cc2ccccn2)S(C)(=O)=O)cc1. The van der Waals surface area contributed by atoms with Gasteiger partial charge in [-0.05, 0) is 29.8 Å². The van der Waals surface area contributed by atoms with Crippen molar-refractivity contribution in [3.63, 3.8) is 0 Å². The normalized spacial score (nSPS) is 11.3. The molecule has 2 rings (SSSR count). The second kappa shape index (κ2) is 9.30. The van der Waals surface area contributed by atoms with Crippen molar-refractivity contribution in [3.8, 4) is 5.75 Å². The van der Waals surface area contributed by atoms with Crippen LogP contribution in [0.3, 0.4) is 0 Å². The van der Waals surface area contributed by atoms with E-state index in [1.165, 1.54) is 4.31 Å². The topological polar surface area (TPSA) is 88.6 Å². The highest BCUT2D eigenvalue weighted by Crippen LogP contribution is 2.11. The maximum atomic E-state index is 12.1. The summed E-state index contributed by atoms with van der Waals surface area (Å²) in [5, 5.41) is 2.79. The fourth-order valence-corrected chi connectivity index (χ4v) is 3.08. The molecule has 0 aliphatic rings. The van der Waals surface area contributed by atoms with Gasteiger partial charge < -0.3 is 10.1 Å². The Hall–Kier alpha value is -2.45. The summed E-state index contributed by atoms with van der Waals surface area (Å²) in [7, 11) is -1.84. The summed E-state index contributed by atoms with van der Waals surface area (Å²) in [6.07, 6.45) is 2.82. The molecule has 0 atom stereocenters. The Morgan fingerprint density at radius 3 is 2.50 bits per heavy atom. The number of methoxy groups -OCH3 is 1. The predicted octanol–water partition coefficient (Wildman–Crippen LogP) is 1.56. The average Bonchev–Trinajstić information content (AvgIpc) is 2.63. The number of nitrogens with zero attached hydrogens (tertiary/aromatic N) is 2. The first-order valence-electron chi connectivity index (χ1n) is 8.13. The number of hydrogen-bond acceptors (Lipinski definition) is 5. The van der Waals surface area contributed by atoms with Gasteiger partial charge in [-0.1, -0.05) is 18.2 Å². The van der Waals surface area contributed by atoms with E-state index in [0.717, 1.165) is 17.6 Å². The van der Waals surface area contributed by atoms with Crippen LogP contribution in [0.1, 0.15) is 17.7 Å². The lowest BCUT2D eigenvalue weighted by Crippen LogP contribution is -2.34. The van der Waals surface area contributed by atoms with E-state index in [4.69, 9.17) is 4.74 Å². The summed E-state index contributed by atoms with van der Waals surface area (Å²) in [6.45, 7) is 0.622. The third kappa shape index (κ3) is 6.45. The standard InChI is InChI=1S/C18H23N3O4S/c1-25-17-8-6-15(7-9-17)13-20-18(22)10-12-21(26(2,23)24)14-16-5-3-4-11-19-16/h3-9,11H,10,12-14H2,1-2H3,(H,20,22). The van der Waals surface area contributed by atoms with Crippen molar-refractivity contribution >= 4 is 15.9 Å². The average molecular weight is 377 g/mol. The lowest BCUT2D eigenvalue weighted by atomic mass is 10.2. The largest absolute Gasteiger partial charge is 0.497 e. The Kier molecular flexibility index (Phi) is 7.11. The molecule has 0 aliphatic heterocycles. The fraction of sp³-hybridized carbons (Fsp3) is 0.333. The molecule has 7 nitrogen and oxygen atoms in total. The summed E-state index contributed by atoms with van der Waals surface area (Å²) in [5.74, 6) is 0.536. The molecular weight excluding hydrogens is 354 g/mol. The summed E-state index contributed by atoms with van der Waals surface area (Å²) < 4.78 is 30.2. The van der Waals surface area contributed by atoms with Crippen LogP contribution in [0.25, 0.3) is 0 Å². The van der Waals surface area contributed by atoms with Crippen LogP contribution in [0, 0.1) is 0 Å². The fourth-order valence-electron chi connectivity index (χ4n) is 2.29. The van der Waals surface area contributed by atoms with Crippen LogP contribution in [0.2, 0.25) is 0 Å². The Morgan fingerprint density at radius 2 is 1.92 bits per heavy atom. The third-order valence-corrected chi connectivity index (χ3v) is 5.02. The minimum absolute atomic E-state index is 0.0794. The molecule has 1 heterocycles. The molecule has 0 radical (unpaired) electrons. The van der Waals surface area contributed by atoms with Crippen LogP contribution >= 0.6 is 0 Å². The highest BCUT2D eigenvalue weighted by atomic mass is 32.2. The molecule has 1 aromatic heterocycles. The van der Waals surface area contributed by atoms with Crippen molar-refractivity contribution in [1.82, 2.24) is 14.6 Å². The van der Waals surface area contributed by atoms with Gasteiger partial charge in [0.1, 0.15) is 5.75 Å². The van der Waals surface area contributed by atoms with Gasteiger partial charge in [-0.2, -0.15) is 4.31 Å². The van der Waals surface area contributed by atoms with E-state index in [1.807, 2.05) is 24.3 Å². The first kappa shape index (κ1) is 19.9. The number of hydrogen-bond donors (Lipinski definition) is 1. The number of nitrogens with one attached hydrogen (secondary N) is 1. The molecule has 0 saturated heterocycles. The molecule has 2 aromatic rings. The number of carbonyl (C=O) groups excluding carboxylic acids is 1. The van der Waals surface area contributed by atoms with Gasteiger partial charge in [0.05, 0.1) is 25.6 Å². The van der Waals surface area contributed by atoms with E-state index < -0.39 is 10.0 Å². The van der Waals surface area contributed by atoms with Crippen molar-refractivity contribution in [2.24, 2.45) is 0 Å². The molecule has 0 fully saturated rings. The van der Waals surface area contributed by atoms with Crippen molar-refractivity contribution in [1.29, 1.82) is 0 Å². The Balaban J connectivity index is 1.86. The van der Waals surface area contributed by atoms with Gasteiger partial charge in [0, 0.05) is 25.7 Å². The molecule has 0 spiro atoms. The number of carbonyl (C=O) groups is 1. The third-order valence-electron chi connectivity index (χ3n) is 3.77. The number of pyridine rings is 1. The number of sulfonamides is 1. The number of aromatic nitrogens is 1. The Labute approximate surface area is 154 Å². The highest BCUT2D eigenvalue weighted by molar-refractivity contribution is 7.88. The van der Waals surface area contributed by atoms with Crippen molar-refractivity contribution in [2.45, 2.75) is 19.5 Å². The monoisotopic (exact) mass is 377 g/mol. The lowest BCUT2D eigenvalue weighted by molar-refractivity contribution is -0.121. The summed E-state index contributed by atoms with van der Waals surface area (Å²) >= 11 is 0. The van der Waals surface area contributed by atoms with Gasteiger partial charge >= 0.3 is 0 Å². The minimum Gasteiger partial charge on any atom is -0.497 e. The van der Waals surface area contributed by atoms with Crippen LogP contribution in [0.4, 0.5) is 0 Å². The zero-order chi connectivity index (χ0) is 19.0. The maximum absolute atomic E-state index is 12.1. The van der Waals surface area contributed by atoms with Gasteiger partial charge in [0.15, 0.2) is 0 Å². The van der Waals surface area contributed by atoms with Crippen LogP contribution in [-0.4, -0.2) is 43.5 Å². The molecule has 0 aliphatic carbocycles. The Bertz CT molecular complexity index is 808. The molecule has 26 heavy (non-hydrogen) atoms. The van der Waals surface area contributed by atoms with Crippen molar-refractivity contribution < 1.29 is 17.9 Å². The van der Waals surface area contributed by atoms with Gasteiger partial charge in [0.2, 0.25) is 15.9 Å². The van der Waals surface area contributed by atoms with Gasteiger partial charge in [0.25, 0.3) is 0 Å². The Morgan fingerprint density at radius 1 is 1.19 bits per heavy atom. The smallest absolute Gasteiger partial charge is 0.221 e. The van der Waals surface area contributed by atoms with Crippen LogP contribution in [-0.2, 0) is 27.9 Å². The summed E-state index contributed by atoms with van der Waals surface area (Å²) in [4.78, 5) is 16.2. The molecule has 1 N–H and O–H groups in total. The first-order chi connectivity index (χ1) is 12.4. The van der Waals surface area contributed by atoms with E-state index in [9.17, 15) is 13.2 Å². The van der Waals surface area contributed by atoms with Crippen molar-refractivity contribution in [3.05, 3.63) is 59.9 Å². The van der Waals surface area contributed by atoms with Gasteiger partial charge in [-0.3, -0.25) is 9.78 Å². The van der Waals surface area contributed by atoms with E-state index in [0.29, 0.717) is 12.2 Å². The zero-order valence-corrected chi connectivity index (χ0v) is 15.7. The van der Waals surface area contributed by atoms with Crippen LogP contribution < -0.4 is 10.1 Å². The first-order valence-corrected chi connectivity index (χ1v) is 9.98. The molecule has 140 valence electrons. The van der Waals surface area contributed by atoms with Crippen LogP contribution in [0.15, 0.2) is 48.7 Å². The van der Waals surface area contributed by atoms with E-state index in [2.05, 4.69) is 10.3 Å². The van der Waals surface area contributed by atoms with E-state index >= 15 is 0 Å². The highest BCUT2D eigenvalue weighted by Gasteiger charge is 2.18. The summed E-state index contributed by atoms with van der Waals surface area (Å²) in [6, 6.07) is 12.7. The van der Waals surface area contributed by atoms with Crippen molar-refractivity contribution in [2.75, 3.05) is 19.9 Å². The zero-order valence-electron chi connectivity index (χ0n) is 14.9.